The van der Waals surface area contributed by atoms with Crippen molar-refractivity contribution >= 4 is 11.9 Å². The molecular weight excluding hydrogens is 252 g/mol. The smallest absolute Gasteiger partial charge is 0.338 e. The fraction of sp³-hybridized carbons (Fsp3) is 0.833. The van der Waals surface area contributed by atoms with Gasteiger partial charge in [0.05, 0.1) is 20.3 Å². The molecule has 1 fully saturated rings. The number of nitrogens with zero attached hydrogens (tertiary/aromatic N) is 1. The molecule has 19 heavy (non-hydrogen) atoms. The van der Waals surface area contributed by atoms with Crippen LogP contribution in [0.3, 0.4) is 0 Å². The van der Waals surface area contributed by atoms with Gasteiger partial charge in [0.1, 0.15) is 0 Å². The van der Waals surface area contributed by atoms with E-state index in [1.807, 2.05) is 0 Å². The lowest BCUT2D eigenvalue weighted by atomic mass is 10.1. The molecule has 1 heterocycles. The molecular formula is C12H22N2O5. The highest BCUT2D eigenvalue weighted by Crippen LogP contribution is 2.04. The molecule has 0 radical (unpaired) electrons. The molecule has 110 valence electrons. The highest BCUT2D eigenvalue weighted by Gasteiger charge is 2.30. The summed E-state index contributed by atoms with van der Waals surface area (Å²) in [6, 6.07) is 0. The summed E-state index contributed by atoms with van der Waals surface area (Å²) in [5, 5.41) is 12.6. The van der Waals surface area contributed by atoms with Crippen molar-refractivity contribution in [2.75, 3.05) is 46.5 Å². The first-order valence-corrected chi connectivity index (χ1v) is 6.34. The number of morpholine rings is 1. The third-order valence-corrected chi connectivity index (χ3v) is 2.97. The number of methoxy groups -OCH3 is 1. The van der Waals surface area contributed by atoms with Crippen LogP contribution in [0.15, 0.2) is 0 Å². The first-order valence-electron chi connectivity index (χ1n) is 6.34. The van der Waals surface area contributed by atoms with Crippen molar-refractivity contribution in [3.63, 3.8) is 0 Å². The minimum absolute atomic E-state index is 0.0495. The lowest BCUT2D eigenvalue weighted by molar-refractivity contribution is -0.159. The molecule has 0 bridgehead atoms. The van der Waals surface area contributed by atoms with E-state index in [2.05, 4.69) is 10.1 Å². The van der Waals surface area contributed by atoms with Gasteiger partial charge in [-0.05, 0) is 6.92 Å². The van der Waals surface area contributed by atoms with E-state index in [9.17, 15) is 14.7 Å². The van der Waals surface area contributed by atoms with Gasteiger partial charge in [0.2, 0.25) is 5.91 Å². The Labute approximate surface area is 112 Å². The summed E-state index contributed by atoms with van der Waals surface area (Å²) in [5.74, 6) is -0.645. The summed E-state index contributed by atoms with van der Waals surface area (Å²) < 4.78 is 9.64. The first-order chi connectivity index (χ1) is 8.97. The monoisotopic (exact) mass is 274 g/mol. The van der Waals surface area contributed by atoms with Gasteiger partial charge in [-0.2, -0.15) is 0 Å². The van der Waals surface area contributed by atoms with E-state index in [0.717, 1.165) is 0 Å². The molecule has 0 aromatic carbocycles. The van der Waals surface area contributed by atoms with Crippen molar-refractivity contribution in [3.8, 4) is 0 Å². The Morgan fingerprint density at radius 2 is 2.05 bits per heavy atom. The number of hydrogen-bond acceptors (Lipinski definition) is 6. The van der Waals surface area contributed by atoms with Crippen molar-refractivity contribution in [1.29, 1.82) is 0 Å². The van der Waals surface area contributed by atoms with Gasteiger partial charge in [-0.25, -0.2) is 4.79 Å². The molecule has 1 unspecified atom stereocenters. The summed E-state index contributed by atoms with van der Waals surface area (Å²) in [4.78, 5) is 24.8. The van der Waals surface area contributed by atoms with E-state index < -0.39 is 11.6 Å². The van der Waals surface area contributed by atoms with Gasteiger partial charge in [-0.1, -0.05) is 0 Å². The van der Waals surface area contributed by atoms with E-state index in [4.69, 9.17) is 4.74 Å². The zero-order chi connectivity index (χ0) is 14.3. The van der Waals surface area contributed by atoms with Gasteiger partial charge >= 0.3 is 5.97 Å². The van der Waals surface area contributed by atoms with Crippen molar-refractivity contribution in [1.82, 2.24) is 10.2 Å². The van der Waals surface area contributed by atoms with Crippen LogP contribution in [0, 0.1) is 0 Å². The van der Waals surface area contributed by atoms with Crippen LogP contribution in [0.25, 0.3) is 0 Å². The minimum Gasteiger partial charge on any atom is -0.467 e. The third kappa shape index (κ3) is 5.14. The first kappa shape index (κ1) is 15.9. The number of rotatable bonds is 6. The second kappa shape index (κ2) is 7.42. The maximum atomic E-state index is 11.8. The lowest BCUT2D eigenvalue weighted by Crippen LogP contribution is -2.47. The Balaban J connectivity index is 2.19. The summed E-state index contributed by atoms with van der Waals surface area (Å²) in [7, 11) is 1.22. The van der Waals surface area contributed by atoms with E-state index in [-0.39, 0.29) is 12.5 Å². The zero-order valence-corrected chi connectivity index (χ0v) is 11.5. The number of hydrogen-bond donors (Lipinski definition) is 2. The molecule has 1 aliphatic heterocycles. The molecule has 0 aromatic heterocycles. The minimum atomic E-state index is -1.57. The Morgan fingerprint density at radius 3 is 2.63 bits per heavy atom. The predicted octanol–water partition coefficient (Wildman–Crippen LogP) is -1.25. The van der Waals surface area contributed by atoms with Crippen LogP contribution in [-0.2, 0) is 19.1 Å². The Morgan fingerprint density at radius 1 is 1.42 bits per heavy atom. The van der Waals surface area contributed by atoms with Crippen LogP contribution < -0.4 is 5.32 Å². The predicted molar refractivity (Wildman–Crippen MR) is 67.5 cm³/mol. The van der Waals surface area contributed by atoms with Crippen LogP contribution in [-0.4, -0.2) is 74.0 Å². The van der Waals surface area contributed by atoms with E-state index in [0.29, 0.717) is 39.3 Å². The molecule has 7 nitrogen and oxygen atoms in total. The zero-order valence-electron chi connectivity index (χ0n) is 11.5. The number of esters is 1. The van der Waals surface area contributed by atoms with E-state index in [1.165, 1.54) is 14.0 Å². The van der Waals surface area contributed by atoms with E-state index >= 15 is 0 Å². The fourth-order valence-corrected chi connectivity index (χ4v) is 1.79. The molecule has 0 saturated carbocycles. The maximum absolute atomic E-state index is 11.8. The second-order valence-corrected chi connectivity index (χ2v) is 4.69. The molecule has 1 atom stereocenters. The normalized spacial score (nSPS) is 18.8. The molecule has 2 N–H and O–H groups in total. The van der Waals surface area contributed by atoms with Crippen molar-refractivity contribution in [2.24, 2.45) is 0 Å². The van der Waals surface area contributed by atoms with Crippen LogP contribution >= 0.6 is 0 Å². The van der Waals surface area contributed by atoms with Gasteiger partial charge in [0.15, 0.2) is 5.60 Å². The molecule has 0 spiro atoms. The highest BCUT2D eigenvalue weighted by atomic mass is 16.5. The third-order valence-electron chi connectivity index (χ3n) is 2.97. The Hall–Kier alpha value is -1.18. The number of amides is 1. The molecule has 0 aliphatic carbocycles. The second-order valence-electron chi connectivity index (χ2n) is 4.69. The lowest BCUT2D eigenvalue weighted by Gasteiger charge is -2.27. The number of carbonyl (C=O) groups excluding carboxylic acids is 2. The van der Waals surface area contributed by atoms with Gasteiger partial charge in [-0.15, -0.1) is 0 Å². The van der Waals surface area contributed by atoms with Crippen LogP contribution in [0.1, 0.15) is 13.3 Å². The van der Waals surface area contributed by atoms with Crippen LogP contribution in [0.5, 0.6) is 0 Å². The molecule has 0 aromatic rings. The van der Waals surface area contributed by atoms with Crippen LogP contribution in [0.4, 0.5) is 0 Å². The average Bonchev–Trinajstić information content (AvgIpc) is 2.43. The van der Waals surface area contributed by atoms with Gasteiger partial charge in [-0.3, -0.25) is 4.79 Å². The number of carbonyl (C=O) groups is 2. The van der Waals surface area contributed by atoms with Gasteiger partial charge in [0, 0.05) is 32.6 Å². The summed E-state index contributed by atoms with van der Waals surface area (Å²) in [5.41, 5.74) is -1.57. The number of aliphatic hydroxyl groups is 1. The number of nitrogens with one attached hydrogen (secondary N) is 1. The van der Waals surface area contributed by atoms with Crippen molar-refractivity contribution < 1.29 is 24.2 Å². The topological polar surface area (TPSA) is 88.1 Å². The molecule has 1 aliphatic rings. The summed E-state index contributed by atoms with van der Waals surface area (Å²) in [6.45, 7) is 4.24. The molecule has 1 rings (SSSR count). The van der Waals surface area contributed by atoms with Gasteiger partial charge < -0.3 is 24.8 Å². The average molecular weight is 274 g/mol. The standard InChI is InChI=1S/C12H22N2O5/c1-12(17,11(16)18-2)9-13-4-3-10(15)14-5-7-19-8-6-14/h13,17H,3-9H2,1-2H3. The SMILES string of the molecule is COC(=O)C(C)(O)CNCCC(=O)N1CCOCC1. The van der Waals surface area contributed by atoms with E-state index in [1.54, 1.807) is 4.90 Å². The fourth-order valence-electron chi connectivity index (χ4n) is 1.79. The Kier molecular flexibility index (Phi) is 6.20. The molecule has 7 heteroatoms. The highest BCUT2D eigenvalue weighted by molar-refractivity contribution is 5.79. The molecule has 1 saturated heterocycles. The van der Waals surface area contributed by atoms with Crippen LogP contribution in [0.2, 0.25) is 0 Å². The summed E-state index contributed by atoms with van der Waals surface area (Å²) >= 11 is 0. The van der Waals surface area contributed by atoms with Gasteiger partial charge in [0.25, 0.3) is 0 Å². The summed E-state index contributed by atoms with van der Waals surface area (Å²) in [6.07, 6.45) is 0.331. The quantitative estimate of drug-likeness (QED) is 0.465. The number of ether oxygens (including phenoxy) is 2. The van der Waals surface area contributed by atoms with Crippen molar-refractivity contribution in [3.05, 3.63) is 0 Å². The largest absolute Gasteiger partial charge is 0.467 e. The maximum Gasteiger partial charge on any atom is 0.338 e. The van der Waals surface area contributed by atoms with Crippen molar-refractivity contribution in [2.45, 2.75) is 18.9 Å². The molecule has 1 amide bonds. The Bertz CT molecular complexity index is 313.